The second-order valence-corrected chi connectivity index (χ2v) is 3.52. The zero-order valence-corrected chi connectivity index (χ0v) is 8.93. The highest BCUT2D eigenvalue weighted by Crippen LogP contribution is 2.20. The van der Waals surface area contributed by atoms with Gasteiger partial charge in [-0.3, -0.25) is 4.79 Å². The van der Waals surface area contributed by atoms with Gasteiger partial charge >= 0.3 is 0 Å². The molecule has 0 heterocycles. The topological polar surface area (TPSA) is 69.2 Å². The Hall–Kier alpha value is -1.26. The fourth-order valence-electron chi connectivity index (χ4n) is 0.921. The summed E-state index contributed by atoms with van der Waals surface area (Å²) >= 11 is 11.4. The van der Waals surface area contributed by atoms with Gasteiger partial charge in [0.15, 0.2) is 0 Å². The van der Waals surface area contributed by atoms with E-state index in [0.29, 0.717) is 5.02 Å². The van der Waals surface area contributed by atoms with E-state index in [-0.39, 0.29) is 10.6 Å². The number of rotatable bonds is 3. The summed E-state index contributed by atoms with van der Waals surface area (Å²) in [7, 11) is 0. The number of carboxylic acids is 1. The molecule has 4 nitrogen and oxygen atoms in total. The Kier molecular flexibility index (Phi) is 3.94. The zero-order chi connectivity index (χ0) is 11.4. The highest BCUT2D eigenvalue weighted by Gasteiger charge is 2.09. The second kappa shape index (κ2) is 5.00. The van der Waals surface area contributed by atoms with Crippen LogP contribution in [-0.4, -0.2) is 18.4 Å². The molecule has 0 radical (unpaired) electrons. The molecule has 1 amide bonds. The third-order valence-electron chi connectivity index (χ3n) is 1.57. The summed E-state index contributed by atoms with van der Waals surface area (Å²) in [4.78, 5) is 21.4. The van der Waals surface area contributed by atoms with Gasteiger partial charge in [-0.15, -0.1) is 0 Å². The first kappa shape index (κ1) is 11.8. The molecule has 0 atom stereocenters. The molecule has 6 heteroatoms. The Balaban J connectivity index is 2.78. The number of hydrogen-bond acceptors (Lipinski definition) is 3. The molecule has 0 spiro atoms. The summed E-state index contributed by atoms with van der Waals surface area (Å²) in [6.07, 6.45) is 0. The predicted molar refractivity (Wildman–Crippen MR) is 53.8 cm³/mol. The van der Waals surface area contributed by atoms with E-state index in [1.165, 1.54) is 18.2 Å². The highest BCUT2D eigenvalue weighted by atomic mass is 35.5. The number of nitrogens with one attached hydrogen (secondary N) is 1. The molecular weight excluding hydrogens is 241 g/mol. The summed E-state index contributed by atoms with van der Waals surface area (Å²) in [6.45, 7) is -0.558. The number of hydrogen-bond donors (Lipinski definition) is 1. The molecule has 0 aliphatic rings. The van der Waals surface area contributed by atoms with Gasteiger partial charge < -0.3 is 15.2 Å². The summed E-state index contributed by atoms with van der Waals surface area (Å²) in [5, 5.41) is 12.8. The maximum absolute atomic E-state index is 11.4. The smallest absolute Gasteiger partial charge is 0.253 e. The number of benzene rings is 1. The summed E-state index contributed by atoms with van der Waals surface area (Å²) in [5.41, 5.74) is 0.169. The molecule has 0 bridgehead atoms. The lowest BCUT2D eigenvalue weighted by Gasteiger charge is -2.07. The monoisotopic (exact) mass is 246 g/mol. The molecule has 80 valence electrons. The van der Waals surface area contributed by atoms with Gasteiger partial charge in [0.05, 0.1) is 23.1 Å². The number of carboxylic acid groups (broad SMARTS) is 1. The molecule has 15 heavy (non-hydrogen) atoms. The SMILES string of the molecule is O=C([O-])CNC(=O)c1ccc(Cl)cc1Cl. The van der Waals surface area contributed by atoms with Gasteiger partial charge in [-0.05, 0) is 18.2 Å². The van der Waals surface area contributed by atoms with E-state index in [9.17, 15) is 14.7 Å². The molecule has 0 unspecified atom stereocenters. The highest BCUT2D eigenvalue weighted by molar-refractivity contribution is 6.36. The van der Waals surface area contributed by atoms with Crippen LogP contribution in [0.5, 0.6) is 0 Å². The van der Waals surface area contributed by atoms with Crippen molar-refractivity contribution >= 4 is 35.1 Å². The molecule has 0 saturated carbocycles. The van der Waals surface area contributed by atoms with Crippen LogP contribution in [0.4, 0.5) is 0 Å². The van der Waals surface area contributed by atoms with E-state index >= 15 is 0 Å². The average molecular weight is 247 g/mol. The predicted octanol–water partition coefficient (Wildman–Crippen LogP) is 0.473. The first-order valence-electron chi connectivity index (χ1n) is 3.94. The maximum atomic E-state index is 11.4. The fourth-order valence-corrected chi connectivity index (χ4v) is 1.42. The van der Waals surface area contributed by atoms with Crippen LogP contribution in [0.2, 0.25) is 10.0 Å². The van der Waals surface area contributed by atoms with Crippen molar-refractivity contribution in [3.63, 3.8) is 0 Å². The van der Waals surface area contributed by atoms with Crippen molar-refractivity contribution in [1.82, 2.24) is 5.32 Å². The van der Waals surface area contributed by atoms with Crippen LogP contribution in [0.3, 0.4) is 0 Å². The average Bonchev–Trinajstić information content (AvgIpc) is 2.14. The van der Waals surface area contributed by atoms with Gasteiger partial charge in [-0.25, -0.2) is 0 Å². The molecular formula is C9H6Cl2NO3-. The normalized spacial score (nSPS) is 9.73. The maximum Gasteiger partial charge on any atom is 0.253 e. The van der Waals surface area contributed by atoms with Gasteiger partial charge in [0.2, 0.25) is 0 Å². The van der Waals surface area contributed by atoms with E-state index in [1.807, 2.05) is 0 Å². The minimum Gasteiger partial charge on any atom is -0.548 e. The quantitative estimate of drug-likeness (QED) is 0.844. The first-order chi connectivity index (χ1) is 7.00. The van der Waals surface area contributed by atoms with Crippen LogP contribution in [-0.2, 0) is 4.79 Å². The van der Waals surface area contributed by atoms with Gasteiger partial charge in [-0.2, -0.15) is 0 Å². The summed E-state index contributed by atoms with van der Waals surface area (Å²) in [5.74, 6) is -1.95. The van der Waals surface area contributed by atoms with E-state index in [0.717, 1.165) is 0 Å². The number of carbonyl (C=O) groups is 2. The minimum absolute atomic E-state index is 0.165. The van der Waals surface area contributed by atoms with Crippen LogP contribution >= 0.6 is 23.2 Å². The first-order valence-corrected chi connectivity index (χ1v) is 4.69. The third-order valence-corrected chi connectivity index (χ3v) is 2.12. The molecule has 0 aliphatic heterocycles. The molecule has 0 fully saturated rings. The molecule has 1 aromatic carbocycles. The Morgan fingerprint density at radius 2 is 2.00 bits per heavy atom. The molecule has 0 aliphatic carbocycles. The van der Waals surface area contributed by atoms with Crippen LogP contribution in [0, 0.1) is 0 Å². The van der Waals surface area contributed by atoms with Crippen molar-refractivity contribution in [2.75, 3.05) is 6.54 Å². The Labute approximate surface area is 95.8 Å². The summed E-state index contributed by atoms with van der Waals surface area (Å²) < 4.78 is 0. The number of carbonyl (C=O) groups excluding carboxylic acids is 2. The van der Waals surface area contributed by atoms with Crippen LogP contribution in [0.15, 0.2) is 18.2 Å². The molecule has 1 aromatic rings. The lowest BCUT2D eigenvalue weighted by molar-refractivity contribution is -0.303. The third kappa shape index (κ3) is 3.42. The molecule has 1 N–H and O–H groups in total. The molecule has 0 aromatic heterocycles. The van der Waals surface area contributed by atoms with Crippen molar-refractivity contribution in [2.24, 2.45) is 0 Å². The molecule has 1 rings (SSSR count). The largest absolute Gasteiger partial charge is 0.548 e. The Morgan fingerprint density at radius 3 is 2.53 bits per heavy atom. The number of halogens is 2. The minimum atomic E-state index is -1.37. The van der Waals surface area contributed by atoms with Crippen LogP contribution in [0.1, 0.15) is 10.4 Å². The van der Waals surface area contributed by atoms with Gasteiger partial charge in [0.1, 0.15) is 0 Å². The standard InChI is InChI=1S/C9H7Cl2NO3/c10-5-1-2-6(7(11)3-5)9(15)12-4-8(13)14/h1-3H,4H2,(H,12,15)(H,13,14)/p-1. The second-order valence-electron chi connectivity index (χ2n) is 2.68. The van der Waals surface area contributed by atoms with Gasteiger partial charge in [-0.1, -0.05) is 23.2 Å². The summed E-state index contributed by atoms with van der Waals surface area (Å²) in [6, 6.07) is 4.30. The van der Waals surface area contributed by atoms with Crippen molar-refractivity contribution in [3.8, 4) is 0 Å². The van der Waals surface area contributed by atoms with Crippen molar-refractivity contribution in [2.45, 2.75) is 0 Å². The Morgan fingerprint density at radius 1 is 1.33 bits per heavy atom. The van der Waals surface area contributed by atoms with E-state index in [4.69, 9.17) is 23.2 Å². The lowest BCUT2D eigenvalue weighted by Crippen LogP contribution is -2.37. The van der Waals surface area contributed by atoms with Gasteiger partial charge in [0.25, 0.3) is 5.91 Å². The number of aliphatic carboxylic acids is 1. The van der Waals surface area contributed by atoms with E-state index < -0.39 is 18.4 Å². The fraction of sp³-hybridized carbons (Fsp3) is 0.111. The van der Waals surface area contributed by atoms with E-state index in [2.05, 4.69) is 5.32 Å². The Bertz CT molecular complexity index is 406. The van der Waals surface area contributed by atoms with Crippen molar-refractivity contribution in [3.05, 3.63) is 33.8 Å². The van der Waals surface area contributed by atoms with Crippen molar-refractivity contribution in [1.29, 1.82) is 0 Å². The van der Waals surface area contributed by atoms with Gasteiger partial charge in [0, 0.05) is 5.02 Å². The van der Waals surface area contributed by atoms with Crippen molar-refractivity contribution < 1.29 is 14.7 Å². The lowest BCUT2D eigenvalue weighted by atomic mass is 10.2. The van der Waals surface area contributed by atoms with Crippen LogP contribution in [0.25, 0.3) is 0 Å². The zero-order valence-electron chi connectivity index (χ0n) is 7.42. The molecule has 0 saturated heterocycles. The number of amides is 1. The van der Waals surface area contributed by atoms with E-state index in [1.54, 1.807) is 0 Å². The van der Waals surface area contributed by atoms with Crippen LogP contribution < -0.4 is 10.4 Å².